The predicted molar refractivity (Wildman–Crippen MR) is 55.9 cm³/mol. The smallest absolute Gasteiger partial charge is 0.0232 e. The Kier molecular flexibility index (Phi) is 3.23. The van der Waals surface area contributed by atoms with E-state index in [0.29, 0.717) is 0 Å². The van der Waals surface area contributed by atoms with Gasteiger partial charge in [0.2, 0.25) is 0 Å². The van der Waals surface area contributed by atoms with Crippen molar-refractivity contribution in [3.8, 4) is 0 Å². The van der Waals surface area contributed by atoms with Gasteiger partial charge in [0.05, 0.1) is 0 Å². The molecule has 0 spiro atoms. The van der Waals surface area contributed by atoms with Crippen molar-refractivity contribution in [3.63, 3.8) is 0 Å². The van der Waals surface area contributed by atoms with Crippen molar-refractivity contribution in [1.29, 1.82) is 0 Å². The van der Waals surface area contributed by atoms with E-state index in [1.165, 1.54) is 51.6 Å². The van der Waals surface area contributed by atoms with Crippen molar-refractivity contribution in [2.45, 2.75) is 50.6 Å². The minimum Gasteiger partial charge on any atom is -0.315 e. The Morgan fingerprint density at radius 3 is 2.38 bits per heavy atom. The van der Waals surface area contributed by atoms with E-state index in [1.54, 1.807) is 0 Å². The molecule has 1 saturated carbocycles. The first kappa shape index (κ1) is 9.47. The van der Waals surface area contributed by atoms with E-state index in [0.717, 1.165) is 12.1 Å². The van der Waals surface area contributed by atoms with Crippen LogP contribution in [0.4, 0.5) is 0 Å². The lowest BCUT2D eigenvalue weighted by atomic mass is 9.93. The summed E-state index contributed by atoms with van der Waals surface area (Å²) in [7, 11) is 2.33. The lowest BCUT2D eigenvalue weighted by Crippen LogP contribution is -2.42. The van der Waals surface area contributed by atoms with Crippen LogP contribution >= 0.6 is 0 Å². The third kappa shape index (κ3) is 2.23. The highest BCUT2D eigenvalue weighted by molar-refractivity contribution is 4.84. The van der Waals surface area contributed by atoms with E-state index in [1.807, 2.05) is 0 Å². The van der Waals surface area contributed by atoms with Crippen LogP contribution in [-0.4, -0.2) is 37.1 Å². The Balaban J connectivity index is 1.83. The normalized spacial score (nSPS) is 31.4. The summed E-state index contributed by atoms with van der Waals surface area (Å²) >= 11 is 0. The molecule has 0 bridgehead atoms. The summed E-state index contributed by atoms with van der Waals surface area (Å²) in [5.74, 6) is 0. The van der Waals surface area contributed by atoms with Gasteiger partial charge in [-0.2, -0.15) is 0 Å². The van der Waals surface area contributed by atoms with E-state index in [9.17, 15) is 0 Å². The molecule has 2 nitrogen and oxygen atoms in total. The van der Waals surface area contributed by atoms with Gasteiger partial charge in [0.15, 0.2) is 0 Å². The summed E-state index contributed by atoms with van der Waals surface area (Å²) in [6, 6.07) is 1.71. The van der Waals surface area contributed by atoms with Crippen molar-refractivity contribution in [3.05, 3.63) is 0 Å². The minimum absolute atomic E-state index is 0.822. The number of likely N-dealkylation sites (N-methyl/N-ethyl adjacent to an activating group) is 1. The Morgan fingerprint density at radius 1 is 1.00 bits per heavy atom. The van der Waals surface area contributed by atoms with E-state index in [4.69, 9.17) is 0 Å². The fraction of sp³-hybridized carbons (Fsp3) is 1.00. The van der Waals surface area contributed by atoms with Crippen LogP contribution in [0, 0.1) is 0 Å². The van der Waals surface area contributed by atoms with Crippen LogP contribution in [0.3, 0.4) is 0 Å². The SMILES string of the molecule is CN(C1CCCCC1)[C@@H]1CCNC1. The lowest BCUT2D eigenvalue weighted by Gasteiger charge is -2.35. The van der Waals surface area contributed by atoms with Gasteiger partial charge in [-0.15, -0.1) is 0 Å². The molecule has 1 heterocycles. The van der Waals surface area contributed by atoms with Gasteiger partial charge in [-0.3, -0.25) is 4.90 Å². The summed E-state index contributed by atoms with van der Waals surface area (Å²) in [4.78, 5) is 2.64. The molecule has 0 unspecified atom stereocenters. The third-order valence-corrected chi connectivity index (χ3v) is 3.76. The molecule has 0 radical (unpaired) electrons. The second-order valence-corrected chi connectivity index (χ2v) is 4.60. The molecule has 0 aromatic heterocycles. The van der Waals surface area contributed by atoms with Gasteiger partial charge in [0.25, 0.3) is 0 Å². The third-order valence-electron chi connectivity index (χ3n) is 3.76. The van der Waals surface area contributed by atoms with Gasteiger partial charge < -0.3 is 5.32 Å². The molecule has 2 heteroatoms. The molecular formula is C11H22N2. The number of nitrogens with one attached hydrogen (secondary N) is 1. The predicted octanol–water partition coefficient (Wildman–Crippen LogP) is 1.61. The van der Waals surface area contributed by atoms with Crippen molar-refractivity contribution in [2.24, 2.45) is 0 Å². The van der Waals surface area contributed by atoms with Gasteiger partial charge in [-0.25, -0.2) is 0 Å². The average Bonchev–Trinajstić information content (AvgIpc) is 2.71. The molecule has 0 aromatic rings. The summed E-state index contributed by atoms with van der Waals surface area (Å²) < 4.78 is 0. The van der Waals surface area contributed by atoms with Gasteiger partial charge in [0, 0.05) is 18.6 Å². The number of nitrogens with zero attached hydrogens (tertiary/aromatic N) is 1. The molecule has 0 aromatic carbocycles. The van der Waals surface area contributed by atoms with Crippen molar-refractivity contribution < 1.29 is 0 Å². The van der Waals surface area contributed by atoms with Crippen molar-refractivity contribution in [2.75, 3.05) is 20.1 Å². The second kappa shape index (κ2) is 4.43. The topological polar surface area (TPSA) is 15.3 Å². The molecule has 1 N–H and O–H groups in total. The van der Waals surface area contributed by atoms with Gasteiger partial charge >= 0.3 is 0 Å². The fourth-order valence-electron chi connectivity index (χ4n) is 2.77. The second-order valence-electron chi connectivity index (χ2n) is 4.60. The molecule has 76 valence electrons. The number of hydrogen-bond acceptors (Lipinski definition) is 2. The first-order valence-corrected chi connectivity index (χ1v) is 5.80. The molecule has 2 rings (SSSR count). The van der Waals surface area contributed by atoms with Crippen LogP contribution in [0.5, 0.6) is 0 Å². The monoisotopic (exact) mass is 182 g/mol. The fourth-order valence-corrected chi connectivity index (χ4v) is 2.77. The van der Waals surface area contributed by atoms with Crippen LogP contribution < -0.4 is 5.32 Å². The number of rotatable bonds is 2. The van der Waals surface area contributed by atoms with Crippen LogP contribution in [0.25, 0.3) is 0 Å². The number of hydrogen-bond donors (Lipinski definition) is 1. The minimum atomic E-state index is 0.822. The van der Waals surface area contributed by atoms with E-state index < -0.39 is 0 Å². The molecule has 2 aliphatic rings. The van der Waals surface area contributed by atoms with Crippen LogP contribution in [0.2, 0.25) is 0 Å². The van der Waals surface area contributed by atoms with E-state index in [2.05, 4.69) is 17.3 Å². The highest BCUT2D eigenvalue weighted by Crippen LogP contribution is 2.24. The molecule has 1 aliphatic heterocycles. The van der Waals surface area contributed by atoms with Crippen LogP contribution in [-0.2, 0) is 0 Å². The zero-order valence-corrected chi connectivity index (χ0v) is 8.76. The summed E-state index contributed by atoms with van der Waals surface area (Å²) in [5.41, 5.74) is 0. The largest absolute Gasteiger partial charge is 0.315 e. The Bertz CT molecular complexity index is 146. The molecule has 1 saturated heterocycles. The maximum Gasteiger partial charge on any atom is 0.0232 e. The summed E-state index contributed by atoms with van der Waals surface area (Å²) in [6.07, 6.45) is 8.60. The average molecular weight is 182 g/mol. The molecule has 2 fully saturated rings. The Hall–Kier alpha value is -0.0800. The quantitative estimate of drug-likeness (QED) is 0.698. The van der Waals surface area contributed by atoms with E-state index >= 15 is 0 Å². The van der Waals surface area contributed by atoms with Crippen molar-refractivity contribution >= 4 is 0 Å². The Morgan fingerprint density at radius 2 is 1.77 bits per heavy atom. The van der Waals surface area contributed by atoms with E-state index in [-0.39, 0.29) is 0 Å². The summed E-state index contributed by atoms with van der Waals surface area (Å²) in [5, 5.41) is 3.45. The first-order valence-electron chi connectivity index (χ1n) is 5.80. The van der Waals surface area contributed by atoms with Crippen molar-refractivity contribution in [1.82, 2.24) is 10.2 Å². The maximum absolute atomic E-state index is 3.45. The van der Waals surface area contributed by atoms with Crippen LogP contribution in [0.15, 0.2) is 0 Å². The molecular weight excluding hydrogens is 160 g/mol. The highest BCUT2D eigenvalue weighted by atomic mass is 15.2. The standard InChI is InChI=1S/C11H22N2/c1-13(11-7-8-12-9-11)10-5-3-2-4-6-10/h10-12H,2-9H2,1H3/t11-/m1/s1. The summed E-state index contributed by atoms with van der Waals surface area (Å²) in [6.45, 7) is 2.44. The molecule has 0 amide bonds. The zero-order valence-electron chi connectivity index (χ0n) is 8.76. The molecule has 13 heavy (non-hydrogen) atoms. The maximum atomic E-state index is 3.45. The van der Waals surface area contributed by atoms with Gasteiger partial charge in [-0.05, 0) is 32.9 Å². The molecule has 1 aliphatic carbocycles. The highest BCUT2D eigenvalue weighted by Gasteiger charge is 2.26. The zero-order chi connectivity index (χ0) is 9.10. The lowest BCUT2D eigenvalue weighted by molar-refractivity contribution is 0.146. The molecule has 1 atom stereocenters. The first-order chi connectivity index (χ1) is 6.38. The van der Waals surface area contributed by atoms with Gasteiger partial charge in [-0.1, -0.05) is 19.3 Å². The Labute approximate surface area is 81.7 Å². The van der Waals surface area contributed by atoms with Gasteiger partial charge in [0.1, 0.15) is 0 Å². The van der Waals surface area contributed by atoms with Crippen LogP contribution in [0.1, 0.15) is 38.5 Å².